The number of rotatable bonds is 9. The summed E-state index contributed by atoms with van der Waals surface area (Å²) in [6, 6.07) is 18.6. The molecule has 1 atom stereocenters. The molecule has 0 saturated heterocycles. The minimum Gasteiger partial charge on any atom is -0.372 e. The van der Waals surface area contributed by atoms with Crippen LogP contribution < -0.4 is 5.32 Å². The molecule has 1 heterocycles. The third kappa shape index (κ3) is 5.89. The van der Waals surface area contributed by atoms with Crippen LogP contribution in [-0.4, -0.2) is 11.1 Å². The van der Waals surface area contributed by atoms with E-state index in [0.717, 1.165) is 42.6 Å². The first-order valence-corrected chi connectivity index (χ1v) is 13.4. The molecule has 1 unspecified atom stereocenters. The molecule has 3 aromatic rings. The quantitative estimate of drug-likeness (QED) is 0.284. The van der Waals surface area contributed by atoms with Crippen LogP contribution in [0, 0.1) is 9.49 Å². The number of aromatic nitrogens is 1. The second-order valence-corrected chi connectivity index (χ2v) is 10.7. The van der Waals surface area contributed by atoms with Crippen LogP contribution in [0.4, 0.5) is 0 Å². The van der Waals surface area contributed by atoms with Gasteiger partial charge in [-0.1, -0.05) is 66.9 Å². The SMILES string of the molecule is O=C(NC(c1cccc(COCc2ccccc2I)c1)C1CCCCC1)c1cc(C2CC2)on1. The summed E-state index contributed by atoms with van der Waals surface area (Å²) in [5.74, 6) is 1.56. The zero-order chi connectivity index (χ0) is 23.3. The summed E-state index contributed by atoms with van der Waals surface area (Å²) in [6.07, 6.45) is 8.21. The van der Waals surface area contributed by atoms with Crippen molar-refractivity contribution in [2.24, 2.45) is 5.92 Å². The molecule has 0 aliphatic heterocycles. The summed E-state index contributed by atoms with van der Waals surface area (Å²) in [6.45, 7) is 1.12. The number of hydrogen-bond donors (Lipinski definition) is 1. The maximum atomic E-state index is 13.1. The number of hydrogen-bond acceptors (Lipinski definition) is 4. The van der Waals surface area contributed by atoms with Gasteiger partial charge < -0.3 is 14.6 Å². The van der Waals surface area contributed by atoms with Crippen molar-refractivity contribution in [1.29, 1.82) is 0 Å². The van der Waals surface area contributed by atoms with Crippen LogP contribution in [-0.2, 0) is 18.0 Å². The van der Waals surface area contributed by atoms with E-state index < -0.39 is 0 Å². The molecule has 0 bridgehead atoms. The lowest BCUT2D eigenvalue weighted by Crippen LogP contribution is -2.34. The Balaban J connectivity index is 1.29. The van der Waals surface area contributed by atoms with E-state index in [1.165, 1.54) is 28.4 Å². The lowest BCUT2D eigenvalue weighted by atomic mass is 9.80. The average Bonchev–Trinajstić information content (AvgIpc) is 3.60. The highest BCUT2D eigenvalue weighted by Crippen LogP contribution is 2.40. The van der Waals surface area contributed by atoms with Crippen molar-refractivity contribution in [3.8, 4) is 0 Å². The Kier molecular flexibility index (Phi) is 7.64. The van der Waals surface area contributed by atoms with Crippen molar-refractivity contribution in [1.82, 2.24) is 10.5 Å². The van der Waals surface area contributed by atoms with E-state index in [1.807, 2.05) is 18.2 Å². The van der Waals surface area contributed by atoms with Gasteiger partial charge in [0.1, 0.15) is 5.76 Å². The molecule has 0 radical (unpaired) electrons. The molecular formula is C28H31IN2O3. The number of benzene rings is 2. The van der Waals surface area contributed by atoms with Gasteiger partial charge in [-0.05, 0) is 76.9 Å². The number of nitrogens with one attached hydrogen (secondary N) is 1. The first-order chi connectivity index (χ1) is 16.7. The van der Waals surface area contributed by atoms with Gasteiger partial charge >= 0.3 is 0 Å². The van der Waals surface area contributed by atoms with E-state index in [9.17, 15) is 4.79 Å². The standard InChI is InChI=1S/C28H31IN2O3/c29-24-12-5-4-10-23(24)18-33-17-19-7-6-11-22(15-19)27(21-8-2-1-3-9-21)30-28(32)25-16-26(34-31-25)20-13-14-20/h4-7,10-12,15-16,20-21,27H,1-3,8-9,13-14,17-18H2,(H,30,32). The molecule has 2 saturated carbocycles. The molecule has 2 fully saturated rings. The Morgan fingerprint density at radius 2 is 1.85 bits per heavy atom. The van der Waals surface area contributed by atoms with Gasteiger partial charge in [0, 0.05) is 15.6 Å². The highest BCUT2D eigenvalue weighted by atomic mass is 127. The smallest absolute Gasteiger partial charge is 0.273 e. The number of ether oxygens (including phenoxy) is 1. The van der Waals surface area contributed by atoms with Crippen LogP contribution in [0.25, 0.3) is 0 Å². The molecule has 2 aliphatic carbocycles. The minimum atomic E-state index is -0.147. The van der Waals surface area contributed by atoms with Gasteiger partial charge in [0.15, 0.2) is 5.69 Å². The second-order valence-electron chi connectivity index (χ2n) is 9.57. The average molecular weight is 570 g/mol. The third-order valence-corrected chi connectivity index (χ3v) is 8.00. The zero-order valence-corrected chi connectivity index (χ0v) is 21.5. The largest absolute Gasteiger partial charge is 0.372 e. The van der Waals surface area contributed by atoms with Crippen LogP contribution in [0.1, 0.15) is 89.8 Å². The van der Waals surface area contributed by atoms with Crippen LogP contribution in [0.2, 0.25) is 0 Å². The van der Waals surface area contributed by atoms with Crippen LogP contribution in [0.5, 0.6) is 0 Å². The molecule has 6 heteroatoms. The van der Waals surface area contributed by atoms with Crippen molar-refractivity contribution >= 4 is 28.5 Å². The lowest BCUT2D eigenvalue weighted by Gasteiger charge is -2.31. The third-order valence-electron chi connectivity index (χ3n) is 6.94. The molecule has 5 rings (SSSR count). The van der Waals surface area contributed by atoms with E-state index in [2.05, 4.69) is 69.5 Å². The highest BCUT2D eigenvalue weighted by molar-refractivity contribution is 14.1. The Bertz CT molecular complexity index is 1120. The van der Waals surface area contributed by atoms with Crippen LogP contribution in [0.3, 0.4) is 0 Å². The van der Waals surface area contributed by atoms with Crippen molar-refractivity contribution in [2.75, 3.05) is 0 Å². The molecule has 34 heavy (non-hydrogen) atoms. The lowest BCUT2D eigenvalue weighted by molar-refractivity contribution is 0.0902. The first kappa shape index (κ1) is 23.5. The van der Waals surface area contributed by atoms with Gasteiger partial charge in [-0.2, -0.15) is 0 Å². The van der Waals surface area contributed by atoms with Gasteiger partial charge in [-0.15, -0.1) is 0 Å². The van der Waals surface area contributed by atoms with Crippen molar-refractivity contribution < 1.29 is 14.1 Å². The Morgan fingerprint density at radius 1 is 1.03 bits per heavy atom. The Labute approximate surface area is 214 Å². The topological polar surface area (TPSA) is 64.4 Å². The zero-order valence-electron chi connectivity index (χ0n) is 19.3. The van der Waals surface area contributed by atoms with Gasteiger partial charge in [-0.25, -0.2) is 0 Å². The van der Waals surface area contributed by atoms with Gasteiger partial charge in [-0.3, -0.25) is 4.79 Å². The van der Waals surface area contributed by atoms with E-state index in [0.29, 0.717) is 30.7 Å². The monoisotopic (exact) mass is 570 g/mol. The highest BCUT2D eigenvalue weighted by Gasteiger charge is 2.31. The molecule has 1 N–H and O–H groups in total. The van der Waals surface area contributed by atoms with Gasteiger partial charge in [0.2, 0.25) is 0 Å². The van der Waals surface area contributed by atoms with Crippen LogP contribution >= 0.6 is 22.6 Å². The fourth-order valence-corrected chi connectivity index (χ4v) is 5.43. The Morgan fingerprint density at radius 3 is 2.65 bits per heavy atom. The summed E-state index contributed by atoms with van der Waals surface area (Å²) in [5, 5.41) is 7.36. The molecule has 5 nitrogen and oxygen atoms in total. The van der Waals surface area contributed by atoms with Crippen LogP contribution in [0.15, 0.2) is 59.1 Å². The molecule has 2 aliphatic rings. The summed E-state index contributed by atoms with van der Waals surface area (Å²) >= 11 is 2.35. The van der Waals surface area contributed by atoms with E-state index in [-0.39, 0.29) is 11.9 Å². The van der Waals surface area contributed by atoms with Crippen molar-refractivity contribution in [2.45, 2.75) is 70.1 Å². The van der Waals surface area contributed by atoms with Crippen molar-refractivity contribution in [3.05, 3.63) is 86.3 Å². The maximum absolute atomic E-state index is 13.1. The first-order valence-electron chi connectivity index (χ1n) is 12.3. The molecule has 0 spiro atoms. The molecule has 2 aromatic carbocycles. The van der Waals surface area contributed by atoms with E-state index in [4.69, 9.17) is 9.26 Å². The molecule has 178 valence electrons. The number of carbonyl (C=O) groups is 1. The summed E-state index contributed by atoms with van der Waals surface area (Å²) in [5.41, 5.74) is 3.85. The normalized spacial score (nSPS) is 17.4. The number of carbonyl (C=O) groups excluding carboxylic acids is 1. The van der Waals surface area contributed by atoms with E-state index in [1.54, 1.807) is 0 Å². The van der Waals surface area contributed by atoms with Crippen molar-refractivity contribution in [3.63, 3.8) is 0 Å². The summed E-state index contributed by atoms with van der Waals surface area (Å²) < 4.78 is 12.7. The fourth-order valence-electron chi connectivity index (χ4n) is 4.88. The predicted octanol–water partition coefficient (Wildman–Crippen LogP) is 6.92. The fraction of sp³-hybridized carbons (Fsp3) is 0.429. The maximum Gasteiger partial charge on any atom is 0.273 e. The van der Waals surface area contributed by atoms with E-state index >= 15 is 0 Å². The number of nitrogens with zero attached hydrogens (tertiary/aromatic N) is 1. The number of halogens is 1. The van der Waals surface area contributed by atoms with Gasteiger partial charge in [0.25, 0.3) is 5.91 Å². The molecule has 1 aromatic heterocycles. The Hall–Kier alpha value is -2.19. The minimum absolute atomic E-state index is 0.0381. The van der Waals surface area contributed by atoms with Gasteiger partial charge in [0.05, 0.1) is 19.3 Å². The number of amides is 1. The summed E-state index contributed by atoms with van der Waals surface area (Å²) in [7, 11) is 0. The molecular weight excluding hydrogens is 539 g/mol. The summed E-state index contributed by atoms with van der Waals surface area (Å²) in [4.78, 5) is 13.1. The predicted molar refractivity (Wildman–Crippen MR) is 139 cm³/mol. The molecule has 1 amide bonds. The second kappa shape index (κ2) is 11.0.